The molecular formula is C25H28O2Si. The van der Waals surface area contributed by atoms with E-state index in [9.17, 15) is 4.79 Å². The van der Waals surface area contributed by atoms with E-state index in [1.54, 1.807) is 0 Å². The van der Waals surface area contributed by atoms with Crippen LogP contribution in [0.15, 0.2) is 84.9 Å². The lowest BCUT2D eigenvalue weighted by Gasteiger charge is -2.43. The fraction of sp³-hybridized carbons (Fsp3) is 0.240. The number of aldehydes is 1. The summed E-state index contributed by atoms with van der Waals surface area (Å²) in [5, 5.41) is 2.46. The molecule has 3 aromatic rings. The first-order valence-corrected chi connectivity index (χ1v) is 11.7. The molecule has 0 atom stereocenters. The Morgan fingerprint density at radius 2 is 1.29 bits per heavy atom. The van der Waals surface area contributed by atoms with Gasteiger partial charge < -0.3 is 9.22 Å². The topological polar surface area (TPSA) is 26.3 Å². The third-order valence-electron chi connectivity index (χ3n) is 5.16. The normalized spacial score (nSPS) is 11.8. The molecule has 0 amide bonds. The van der Waals surface area contributed by atoms with E-state index in [1.165, 1.54) is 10.4 Å². The van der Waals surface area contributed by atoms with Gasteiger partial charge in [-0.1, -0.05) is 93.6 Å². The average Bonchev–Trinajstić information content (AvgIpc) is 2.72. The zero-order valence-electron chi connectivity index (χ0n) is 16.9. The first-order chi connectivity index (χ1) is 13.5. The Morgan fingerprint density at radius 3 is 1.71 bits per heavy atom. The molecule has 3 rings (SSSR count). The zero-order valence-corrected chi connectivity index (χ0v) is 17.9. The highest BCUT2D eigenvalue weighted by molar-refractivity contribution is 7.00. The van der Waals surface area contributed by atoms with Gasteiger partial charge in [0.1, 0.15) is 12.0 Å². The predicted octanol–water partition coefficient (Wildman–Crippen LogP) is 4.76. The predicted molar refractivity (Wildman–Crippen MR) is 119 cm³/mol. The van der Waals surface area contributed by atoms with E-state index in [-0.39, 0.29) is 5.04 Å². The third-order valence-corrected chi connectivity index (χ3v) is 10.1. The van der Waals surface area contributed by atoms with Crippen molar-refractivity contribution in [2.75, 3.05) is 0 Å². The summed E-state index contributed by atoms with van der Waals surface area (Å²) in [6.07, 6.45) is 2.28. The highest BCUT2D eigenvalue weighted by Gasteiger charge is 2.52. The molecule has 28 heavy (non-hydrogen) atoms. The Hall–Kier alpha value is -2.65. The minimum Gasteiger partial charge on any atom is -0.534 e. The van der Waals surface area contributed by atoms with Crippen molar-refractivity contribution in [3.63, 3.8) is 0 Å². The van der Waals surface area contributed by atoms with Gasteiger partial charge in [0.25, 0.3) is 0 Å². The van der Waals surface area contributed by atoms with Gasteiger partial charge in [-0.2, -0.15) is 0 Å². The quantitative estimate of drug-likeness (QED) is 0.431. The van der Waals surface area contributed by atoms with Gasteiger partial charge in [-0.05, 0) is 39.5 Å². The van der Waals surface area contributed by atoms with Crippen LogP contribution in [0, 0.1) is 0 Å². The summed E-state index contributed by atoms with van der Waals surface area (Å²) in [6.45, 7) is 6.83. The van der Waals surface area contributed by atoms with Crippen molar-refractivity contribution in [2.45, 2.75) is 38.7 Å². The molecule has 144 valence electrons. The maximum Gasteiger partial charge on any atom is 0.319 e. The second kappa shape index (κ2) is 8.57. The second-order valence-electron chi connectivity index (χ2n) is 8.11. The summed E-state index contributed by atoms with van der Waals surface area (Å²) < 4.78 is 6.97. The van der Waals surface area contributed by atoms with Crippen LogP contribution < -0.4 is 14.8 Å². The van der Waals surface area contributed by atoms with E-state index in [0.29, 0.717) is 6.42 Å². The molecule has 0 spiro atoms. The van der Waals surface area contributed by atoms with Crippen molar-refractivity contribution in [2.24, 2.45) is 0 Å². The van der Waals surface area contributed by atoms with Crippen LogP contribution in [0.1, 0.15) is 32.8 Å². The van der Waals surface area contributed by atoms with Crippen LogP contribution in [-0.4, -0.2) is 14.6 Å². The Balaban J connectivity index is 2.10. The Morgan fingerprint density at radius 1 is 0.786 bits per heavy atom. The van der Waals surface area contributed by atoms with E-state index >= 15 is 0 Å². The van der Waals surface area contributed by atoms with Gasteiger partial charge >= 0.3 is 8.32 Å². The molecule has 0 bridgehead atoms. The summed E-state index contributed by atoms with van der Waals surface area (Å²) in [6, 6.07) is 29.5. The molecule has 0 aliphatic rings. The van der Waals surface area contributed by atoms with Gasteiger partial charge in [-0.25, -0.2) is 0 Å². The van der Waals surface area contributed by atoms with Crippen LogP contribution in [0.5, 0.6) is 5.75 Å². The Bertz CT molecular complexity index is 842. The number of carbonyl (C=O) groups is 1. The van der Waals surface area contributed by atoms with Gasteiger partial charge in [0.05, 0.1) is 0 Å². The summed E-state index contributed by atoms with van der Waals surface area (Å²) in [5.41, 5.74) is 1.15. The molecule has 0 heterocycles. The Labute approximate surface area is 169 Å². The van der Waals surface area contributed by atoms with Gasteiger partial charge in [0.2, 0.25) is 0 Å². The van der Waals surface area contributed by atoms with E-state index in [2.05, 4.69) is 93.6 Å². The van der Waals surface area contributed by atoms with E-state index in [0.717, 1.165) is 24.0 Å². The highest BCUT2D eigenvalue weighted by Crippen LogP contribution is 2.37. The van der Waals surface area contributed by atoms with E-state index < -0.39 is 8.32 Å². The standard InChI is InChI=1S/C25H28O2Si/c1-25(2,3)28(23-12-6-4-7-13-23,24-14-8-5-9-15-24)27-22-18-16-21(17-19-22)11-10-20-26/h4-9,12-20H,10-11H2,1-3H3. The van der Waals surface area contributed by atoms with Crippen LogP contribution in [0.2, 0.25) is 5.04 Å². The summed E-state index contributed by atoms with van der Waals surface area (Å²) in [5.74, 6) is 0.879. The fourth-order valence-electron chi connectivity index (χ4n) is 3.78. The summed E-state index contributed by atoms with van der Waals surface area (Å²) >= 11 is 0. The molecule has 0 radical (unpaired) electrons. The first-order valence-electron chi connectivity index (χ1n) is 9.80. The molecule has 0 saturated carbocycles. The highest BCUT2D eigenvalue weighted by atomic mass is 28.4. The lowest BCUT2D eigenvalue weighted by atomic mass is 10.1. The van der Waals surface area contributed by atoms with Gasteiger partial charge in [0.15, 0.2) is 0 Å². The molecule has 0 unspecified atom stereocenters. The molecule has 3 heteroatoms. The Kier molecular flexibility index (Phi) is 6.15. The molecule has 0 aromatic heterocycles. The summed E-state index contributed by atoms with van der Waals surface area (Å²) in [4.78, 5) is 10.6. The van der Waals surface area contributed by atoms with Crippen molar-refractivity contribution in [3.05, 3.63) is 90.5 Å². The van der Waals surface area contributed by atoms with Crippen LogP contribution >= 0.6 is 0 Å². The monoisotopic (exact) mass is 388 g/mol. The van der Waals surface area contributed by atoms with Gasteiger partial charge in [-0.15, -0.1) is 0 Å². The van der Waals surface area contributed by atoms with Crippen LogP contribution in [0.4, 0.5) is 0 Å². The van der Waals surface area contributed by atoms with E-state index in [1.807, 2.05) is 12.1 Å². The molecule has 2 nitrogen and oxygen atoms in total. The third kappa shape index (κ3) is 4.10. The second-order valence-corrected chi connectivity index (χ2v) is 12.3. The van der Waals surface area contributed by atoms with Crippen molar-refractivity contribution < 1.29 is 9.22 Å². The molecule has 0 saturated heterocycles. The number of carbonyl (C=O) groups excluding carboxylic acids is 1. The SMILES string of the molecule is CC(C)(C)[Si](Oc1ccc(CCC=O)cc1)(c1ccccc1)c1ccccc1. The minimum atomic E-state index is -2.59. The van der Waals surface area contributed by atoms with Crippen LogP contribution in [0.3, 0.4) is 0 Å². The number of hydrogen-bond donors (Lipinski definition) is 0. The van der Waals surface area contributed by atoms with Crippen molar-refractivity contribution >= 4 is 25.0 Å². The molecule has 0 N–H and O–H groups in total. The van der Waals surface area contributed by atoms with Crippen molar-refractivity contribution in [3.8, 4) is 5.75 Å². The molecule has 0 aliphatic carbocycles. The van der Waals surface area contributed by atoms with E-state index in [4.69, 9.17) is 4.43 Å². The van der Waals surface area contributed by atoms with Crippen LogP contribution in [0.25, 0.3) is 0 Å². The maximum atomic E-state index is 10.6. The number of rotatable bonds is 7. The minimum absolute atomic E-state index is 0.0636. The van der Waals surface area contributed by atoms with Crippen molar-refractivity contribution in [1.29, 1.82) is 0 Å². The largest absolute Gasteiger partial charge is 0.534 e. The molecule has 3 aromatic carbocycles. The summed E-state index contributed by atoms with van der Waals surface area (Å²) in [7, 11) is -2.59. The lowest BCUT2D eigenvalue weighted by Crippen LogP contribution is -2.68. The van der Waals surface area contributed by atoms with Crippen molar-refractivity contribution in [1.82, 2.24) is 0 Å². The molecule has 0 aliphatic heterocycles. The van der Waals surface area contributed by atoms with Gasteiger partial charge in [0, 0.05) is 6.42 Å². The number of hydrogen-bond acceptors (Lipinski definition) is 2. The zero-order chi connectivity index (χ0) is 20.0. The smallest absolute Gasteiger partial charge is 0.319 e. The maximum absolute atomic E-state index is 10.6. The fourth-order valence-corrected chi connectivity index (χ4v) is 8.20. The first kappa shape index (κ1) is 20.1. The lowest BCUT2D eigenvalue weighted by molar-refractivity contribution is -0.107. The van der Waals surface area contributed by atoms with Gasteiger partial charge in [-0.3, -0.25) is 0 Å². The average molecular weight is 389 g/mol. The molecule has 0 fully saturated rings. The molecular weight excluding hydrogens is 360 g/mol. The van der Waals surface area contributed by atoms with Crippen LogP contribution in [-0.2, 0) is 11.2 Å². The number of aryl methyl sites for hydroxylation is 1. The number of benzene rings is 3.